The first-order chi connectivity index (χ1) is 12.6. The van der Waals surface area contributed by atoms with Crippen LogP contribution >= 0.6 is 34.4 Å². The summed E-state index contributed by atoms with van der Waals surface area (Å²) in [6.07, 6.45) is 4.85. The fourth-order valence-corrected chi connectivity index (χ4v) is 6.78. The molecule has 0 saturated carbocycles. The molecule has 0 fully saturated rings. The fraction of sp³-hybridized carbons (Fsp3) is 0.333. The maximum atomic E-state index is 12.6. The summed E-state index contributed by atoms with van der Waals surface area (Å²) in [5.74, 6) is 1.30. The second-order valence-electron chi connectivity index (χ2n) is 6.48. The lowest BCUT2D eigenvalue weighted by molar-refractivity contribution is 0.916. The zero-order chi connectivity index (χ0) is 17.8. The molecular weight excluding hydrogens is 384 g/mol. The minimum absolute atomic E-state index is 0.000364. The highest BCUT2D eigenvalue weighted by molar-refractivity contribution is 7.98. The molecule has 0 spiro atoms. The molecule has 0 aliphatic heterocycles. The number of hydrogen-bond acceptors (Lipinski definition) is 7. The minimum atomic E-state index is 0.000364. The number of fused-ring (bicyclic) bond motifs is 4. The normalized spacial score (nSPS) is 13.8. The van der Waals surface area contributed by atoms with Crippen molar-refractivity contribution < 1.29 is 0 Å². The lowest BCUT2D eigenvalue weighted by Crippen LogP contribution is -2.11. The van der Waals surface area contributed by atoms with Crippen LogP contribution in [0.4, 0.5) is 0 Å². The molecule has 0 aromatic carbocycles. The van der Waals surface area contributed by atoms with Crippen LogP contribution in [-0.2, 0) is 18.6 Å². The largest absolute Gasteiger partial charge is 0.309 e. The molecule has 5 nitrogen and oxygen atoms in total. The topological polar surface area (TPSA) is 71.5 Å². The zero-order valence-corrected chi connectivity index (χ0v) is 16.8. The maximum Gasteiger partial charge on any atom is 0.259 e. The molecule has 0 atom stereocenters. The van der Waals surface area contributed by atoms with Crippen molar-refractivity contribution in [2.75, 3.05) is 0 Å². The van der Waals surface area contributed by atoms with Crippen LogP contribution in [0.2, 0.25) is 0 Å². The number of H-pyrrole nitrogens is 1. The highest BCUT2D eigenvalue weighted by Crippen LogP contribution is 2.36. The number of nitrogens with one attached hydrogen (secondary N) is 1. The van der Waals surface area contributed by atoms with Crippen LogP contribution in [0.25, 0.3) is 20.4 Å². The molecule has 5 rings (SSSR count). The van der Waals surface area contributed by atoms with E-state index in [4.69, 9.17) is 4.98 Å². The molecule has 26 heavy (non-hydrogen) atoms. The molecule has 1 N–H and O–H groups in total. The molecule has 4 aromatic heterocycles. The molecule has 1 aliphatic rings. The molecule has 0 radical (unpaired) electrons. The Morgan fingerprint density at radius 3 is 2.92 bits per heavy atom. The Hall–Kier alpha value is -1.77. The van der Waals surface area contributed by atoms with Gasteiger partial charge in [0.15, 0.2) is 0 Å². The van der Waals surface area contributed by atoms with E-state index in [-0.39, 0.29) is 5.56 Å². The summed E-state index contributed by atoms with van der Waals surface area (Å²) in [4.78, 5) is 33.6. The Balaban J connectivity index is 1.50. The molecule has 0 unspecified atom stereocenters. The number of aromatic amines is 1. The van der Waals surface area contributed by atoms with E-state index in [0.29, 0.717) is 11.6 Å². The number of thioether (sulfide) groups is 1. The van der Waals surface area contributed by atoms with Crippen LogP contribution in [0, 0.1) is 13.8 Å². The minimum Gasteiger partial charge on any atom is -0.309 e. The third-order valence-electron chi connectivity index (χ3n) is 4.90. The van der Waals surface area contributed by atoms with Crippen LogP contribution in [0.3, 0.4) is 0 Å². The van der Waals surface area contributed by atoms with Crippen molar-refractivity contribution in [1.29, 1.82) is 0 Å². The van der Waals surface area contributed by atoms with Crippen molar-refractivity contribution in [1.82, 2.24) is 19.9 Å². The summed E-state index contributed by atoms with van der Waals surface area (Å²) in [6.45, 7) is 4.22. The molecule has 0 saturated heterocycles. The van der Waals surface area contributed by atoms with E-state index in [2.05, 4.69) is 28.8 Å². The Kier molecular flexibility index (Phi) is 3.88. The molecule has 0 bridgehead atoms. The zero-order valence-electron chi connectivity index (χ0n) is 14.4. The quantitative estimate of drug-likeness (QED) is 0.408. The number of nitrogens with zero attached hydrogens (tertiary/aromatic N) is 3. The van der Waals surface area contributed by atoms with E-state index >= 15 is 0 Å². The highest BCUT2D eigenvalue weighted by atomic mass is 32.2. The Labute approximate surface area is 161 Å². The van der Waals surface area contributed by atoms with E-state index in [1.54, 1.807) is 40.8 Å². The summed E-state index contributed by atoms with van der Waals surface area (Å²) in [7, 11) is 0. The van der Waals surface area contributed by atoms with Crippen molar-refractivity contribution in [3.63, 3.8) is 0 Å². The molecule has 8 heteroatoms. The van der Waals surface area contributed by atoms with E-state index in [9.17, 15) is 4.79 Å². The predicted molar refractivity (Wildman–Crippen MR) is 109 cm³/mol. The van der Waals surface area contributed by atoms with Crippen molar-refractivity contribution in [2.24, 2.45) is 0 Å². The Bertz CT molecular complexity index is 1220. The second kappa shape index (κ2) is 6.14. The molecule has 0 amide bonds. The van der Waals surface area contributed by atoms with Gasteiger partial charge in [0.2, 0.25) is 0 Å². The van der Waals surface area contributed by atoms with Crippen LogP contribution in [0.5, 0.6) is 0 Å². The van der Waals surface area contributed by atoms with Crippen molar-refractivity contribution in [3.05, 3.63) is 43.4 Å². The molecule has 132 valence electrons. The van der Waals surface area contributed by atoms with Gasteiger partial charge in [-0.05, 0) is 44.2 Å². The maximum absolute atomic E-state index is 12.6. The number of aromatic nitrogens is 4. The SMILES string of the molecule is Cc1sc2ncnc(SCc3nc4sc5c(c4c(=O)[nH]3)CCC5)c2c1C. The second-order valence-corrected chi connectivity index (χ2v) is 9.73. The summed E-state index contributed by atoms with van der Waals surface area (Å²) < 4.78 is 0. The van der Waals surface area contributed by atoms with Crippen molar-refractivity contribution >= 4 is 54.9 Å². The smallest absolute Gasteiger partial charge is 0.259 e. The van der Waals surface area contributed by atoms with Gasteiger partial charge in [-0.25, -0.2) is 15.0 Å². The number of aryl methyl sites for hydroxylation is 4. The van der Waals surface area contributed by atoms with Crippen LogP contribution in [0.1, 0.15) is 33.1 Å². The van der Waals surface area contributed by atoms with Crippen LogP contribution < -0.4 is 5.56 Å². The van der Waals surface area contributed by atoms with Crippen molar-refractivity contribution in [3.8, 4) is 0 Å². The number of rotatable bonds is 3. The first-order valence-electron chi connectivity index (χ1n) is 8.48. The standard InChI is InChI=1S/C18H16N4OS3/c1-8-9(2)25-17-13(8)16(19-7-20-17)24-6-12-21-15(23)14-10-4-3-5-11(10)26-18(14)22-12/h7H,3-6H2,1-2H3,(H,21,22,23). The van der Waals surface area contributed by atoms with Gasteiger partial charge >= 0.3 is 0 Å². The van der Waals surface area contributed by atoms with Gasteiger partial charge in [-0.1, -0.05) is 11.8 Å². The summed E-state index contributed by atoms with van der Waals surface area (Å²) in [6, 6.07) is 0. The average molecular weight is 401 g/mol. The lowest BCUT2D eigenvalue weighted by Gasteiger charge is -2.04. The Morgan fingerprint density at radius 1 is 1.15 bits per heavy atom. The third-order valence-corrected chi connectivity index (χ3v) is 8.20. The van der Waals surface area contributed by atoms with Gasteiger partial charge in [-0.15, -0.1) is 22.7 Å². The average Bonchev–Trinajstić information content (AvgIpc) is 3.27. The molecule has 4 heterocycles. The summed E-state index contributed by atoms with van der Waals surface area (Å²) in [5.41, 5.74) is 2.46. The van der Waals surface area contributed by atoms with Gasteiger partial charge < -0.3 is 4.98 Å². The highest BCUT2D eigenvalue weighted by Gasteiger charge is 2.21. The van der Waals surface area contributed by atoms with Gasteiger partial charge in [0.1, 0.15) is 26.8 Å². The first kappa shape index (κ1) is 16.4. The summed E-state index contributed by atoms with van der Waals surface area (Å²) >= 11 is 4.98. The first-order valence-corrected chi connectivity index (χ1v) is 11.1. The van der Waals surface area contributed by atoms with E-state index in [0.717, 1.165) is 44.7 Å². The molecule has 4 aromatic rings. The molecular formula is C18H16N4OS3. The van der Waals surface area contributed by atoms with Crippen molar-refractivity contribution in [2.45, 2.75) is 43.9 Å². The Morgan fingerprint density at radius 2 is 2.04 bits per heavy atom. The third kappa shape index (κ3) is 2.51. The van der Waals surface area contributed by atoms with Crippen LogP contribution in [-0.4, -0.2) is 19.9 Å². The lowest BCUT2D eigenvalue weighted by atomic mass is 10.2. The van der Waals surface area contributed by atoms with E-state index < -0.39 is 0 Å². The monoisotopic (exact) mass is 400 g/mol. The fourth-order valence-electron chi connectivity index (χ4n) is 3.51. The van der Waals surface area contributed by atoms with Gasteiger partial charge in [-0.2, -0.15) is 0 Å². The number of hydrogen-bond donors (Lipinski definition) is 1. The van der Waals surface area contributed by atoms with Crippen LogP contribution in [0.15, 0.2) is 16.1 Å². The van der Waals surface area contributed by atoms with Gasteiger partial charge in [-0.3, -0.25) is 4.79 Å². The predicted octanol–water partition coefficient (Wildman–Crippen LogP) is 4.39. The van der Waals surface area contributed by atoms with E-state index in [1.807, 2.05) is 0 Å². The van der Waals surface area contributed by atoms with Gasteiger partial charge in [0, 0.05) is 15.1 Å². The summed E-state index contributed by atoms with van der Waals surface area (Å²) in [5, 5.41) is 2.89. The molecule has 1 aliphatic carbocycles. The van der Waals surface area contributed by atoms with Gasteiger partial charge in [0.05, 0.1) is 11.1 Å². The van der Waals surface area contributed by atoms with Gasteiger partial charge in [0.25, 0.3) is 5.56 Å². The number of thiophene rings is 2. The van der Waals surface area contributed by atoms with E-state index in [1.165, 1.54) is 20.9 Å².